The molecule has 18 amide bonds. The third-order valence-corrected chi connectivity index (χ3v) is 15.1. The van der Waals surface area contributed by atoms with E-state index in [9.17, 15) is 86.3 Å². The Morgan fingerprint density at radius 2 is 0.250 bits per heavy atom. The van der Waals surface area contributed by atoms with E-state index in [4.69, 9.17) is 0 Å². The van der Waals surface area contributed by atoms with Crippen LogP contribution in [0.25, 0.3) is 0 Å². The topological polar surface area (TPSA) is 416 Å². The Balaban J connectivity index is 0.000000122. The van der Waals surface area contributed by atoms with Crippen molar-refractivity contribution in [1.29, 1.82) is 0 Å². The third kappa shape index (κ3) is 14.8. The zero-order chi connectivity index (χ0) is 71.5. The van der Waals surface area contributed by atoms with Gasteiger partial charge in [0, 0.05) is 0 Å². The number of aryl methyl sites for hydroxylation is 1. The van der Waals surface area contributed by atoms with Crippen molar-refractivity contribution in [2.24, 2.45) is 0 Å². The van der Waals surface area contributed by atoms with E-state index in [1.54, 1.807) is 206 Å². The number of carbonyl (C=O) groups excluding carboxylic acids is 18. The van der Waals surface area contributed by atoms with Crippen LogP contribution in [0.4, 0.5) is 0 Å². The number of imide groups is 9. The van der Waals surface area contributed by atoms with Gasteiger partial charge in [-0.1, -0.05) is 109 Å². The lowest BCUT2D eigenvalue weighted by molar-refractivity contribution is 0.0863. The summed E-state index contributed by atoms with van der Waals surface area (Å²) in [7, 11) is 0. The lowest BCUT2D eigenvalue weighted by Crippen LogP contribution is -2.20. The van der Waals surface area contributed by atoms with Gasteiger partial charge in [-0.05, 0) is 116 Å². The molecule has 0 atom stereocenters. The van der Waals surface area contributed by atoms with Crippen LogP contribution in [0.3, 0.4) is 0 Å². The fourth-order valence-corrected chi connectivity index (χ4v) is 10.3. The van der Waals surface area contributed by atoms with Gasteiger partial charge in [-0.3, -0.25) is 134 Å². The molecule has 0 spiro atoms. The molecule has 27 nitrogen and oxygen atoms in total. The van der Waals surface area contributed by atoms with Crippen LogP contribution in [-0.2, 0) is 0 Å². The quantitative estimate of drug-likeness (QED) is 0.0853. The van der Waals surface area contributed by atoms with Crippen LogP contribution >= 0.6 is 0 Å². The first kappa shape index (κ1) is 68.1. The van der Waals surface area contributed by atoms with Gasteiger partial charge in [0.05, 0.1) is 100 Å². The number of hydrogen-bond donors (Lipinski definition) is 9. The van der Waals surface area contributed by atoms with Crippen molar-refractivity contribution in [2.45, 2.75) is 6.92 Å². The summed E-state index contributed by atoms with van der Waals surface area (Å²) in [6.07, 6.45) is 0. The average Bonchev–Trinajstić information content (AvgIpc) is 1.57. The normalized spacial score (nSPS) is 14.5. The van der Waals surface area contributed by atoms with Crippen molar-refractivity contribution in [3.63, 3.8) is 0 Å². The van der Waals surface area contributed by atoms with Gasteiger partial charge in [-0.25, -0.2) is 0 Å². The molecular formula is C73H47N9O18. The van der Waals surface area contributed by atoms with Crippen molar-refractivity contribution in [1.82, 2.24) is 47.9 Å². The molecule has 0 radical (unpaired) electrons. The van der Waals surface area contributed by atoms with Crippen LogP contribution in [0.15, 0.2) is 212 Å². The number of fused-ring (bicyclic) bond motifs is 9. The molecular weight excluding hydrogens is 1290 g/mol. The first-order chi connectivity index (χ1) is 48.0. The maximum atomic E-state index is 11.2. The standard InChI is InChI=1S/C9H7NO2.8C8H5NO2/c1-5-3-2-4-6-7(5)9(12)10-8(6)11;8*10-7-5-3-1-2-4-6(5)8(11)9-7/h2-4H,1H3,(H,10,11,12);8*1-4H,(H,9,10,11). The monoisotopic (exact) mass is 1340 g/mol. The van der Waals surface area contributed by atoms with Crippen molar-refractivity contribution in [3.05, 3.63) is 318 Å². The largest absolute Gasteiger partial charge is 0.288 e. The highest BCUT2D eigenvalue weighted by molar-refractivity contribution is 6.26. The second-order valence-corrected chi connectivity index (χ2v) is 21.4. The summed E-state index contributed by atoms with van der Waals surface area (Å²) in [6, 6.07) is 59.1. The summed E-state index contributed by atoms with van der Waals surface area (Å²) >= 11 is 0. The van der Waals surface area contributed by atoms with E-state index in [-0.39, 0.29) is 106 Å². The highest BCUT2D eigenvalue weighted by Crippen LogP contribution is 2.22. The van der Waals surface area contributed by atoms with Crippen LogP contribution in [0.1, 0.15) is 192 Å². The molecule has 9 heterocycles. The van der Waals surface area contributed by atoms with Gasteiger partial charge in [0.25, 0.3) is 106 Å². The molecule has 0 bridgehead atoms. The molecule has 0 saturated carbocycles. The van der Waals surface area contributed by atoms with Crippen LogP contribution in [0, 0.1) is 6.92 Å². The molecule has 0 saturated heterocycles. The Morgan fingerprint density at radius 1 is 0.140 bits per heavy atom. The highest BCUT2D eigenvalue weighted by atomic mass is 16.2. The Labute approximate surface area is 563 Å². The lowest BCUT2D eigenvalue weighted by atomic mass is 10.0. The van der Waals surface area contributed by atoms with Crippen molar-refractivity contribution in [2.75, 3.05) is 0 Å². The maximum Gasteiger partial charge on any atom is 0.259 e. The molecule has 9 aliphatic heterocycles. The Morgan fingerprint density at radius 3 is 0.380 bits per heavy atom. The minimum absolute atomic E-state index is 0.284. The van der Waals surface area contributed by atoms with E-state index in [2.05, 4.69) is 47.9 Å². The number of nitrogens with one attached hydrogen (secondary N) is 9. The smallest absolute Gasteiger partial charge is 0.259 e. The average molecular weight is 1340 g/mol. The minimum Gasteiger partial charge on any atom is -0.288 e. The first-order valence-electron chi connectivity index (χ1n) is 29.5. The fourth-order valence-electron chi connectivity index (χ4n) is 10.3. The third-order valence-electron chi connectivity index (χ3n) is 15.1. The highest BCUT2D eigenvalue weighted by Gasteiger charge is 2.32. The van der Waals surface area contributed by atoms with Crippen molar-refractivity contribution in [3.8, 4) is 0 Å². The molecule has 9 aromatic rings. The summed E-state index contributed by atoms with van der Waals surface area (Å²) in [5.74, 6) is -5.38. The maximum absolute atomic E-state index is 11.2. The fraction of sp³-hybridized carbons (Fsp3) is 0.0137. The molecule has 18 rings (SSSR count). The van der Waals surface area contributed by atoms with Crippen LogP contribution in [0.5, 0.6) is 0 Å². The van der Waals surface area contributed by atoms with Gasteiger partial charge >= 0.3 is 0 Å². The zero-order valence-corrected chi connectivity index (χ0v) is 51.6. The van der Waals surface area contributed by atoms with E-state index in [0.29, 0.717) is 100 Å². The second-order valence-electron chi connectivity index (χ2n) is 21.4. The van der Waals surface area contributed by atoms with Gasteiger partial charge in [0.2, 0.25) is 0 Å². The molecule has 9 N–H and O–H groups in total. The molecule has 0 aliphatic carbocycles. The summed E-state index contributed by atoms with van der Waals surface area (Å²) in [5, 5.41) is 19.9. The van der Waals surface area contributed by atoms with Gasteiger partial charge in [-0.15, -0.1) is 0 Å². The van der Waals surface area contributed by atoms with E-state index in [0.717, 1.165) is 5.56 Å². The Hall–Kier alpha value is -14.8. The SMILES string of the molecule is Cc1cccc2c1C(=O)NC2=O.O=C1NC(=O)c2ccccc21.O=C1NC(=O)c2ccccc21.O=C1NC(=O)c2ccccc21.O=C1NC(=O)c2ccccc21.O=C1NC(=O)c2ccccc21.O=C1NC(=O)c2ccccc21.O=C1NC(=O)c2ccccc21.O=C1NC(=O)c2ccccc21. The number of benzene rings is 9. The number of rotatable bonds is 0. The van der Waals surface area contributed by atoms with Crippen LogP contribution in [-0.4, -0.2) is 106 Å². The van der Waals surface area contributed by atoms with E-state index in [1.807, 2.05) is 13.0 Å². The minimum atomic E-state index is -0.300. The summed E-state index contributed by atoms with van der Waals surface area (Å²) in [5.41, 5.74) is 9.36. The van der Waals surface area contributed by atoms with E-state index < -0.39 is 0 Å². The van der Waals surface area contributed by atoms with E-state index in [1.165, 1.54) is 0 Å². The summed E-state index contributed by atoms with van der Waals surface area (Å²) in [6.45, 7) is 1.82. The van der Waals surface area contributed by atoms with E-state index >= 15 is 0 Å². The lowest BCUT2D eigenvalue weighted by Gasteiger charge is -1.96. The van der Waals surface area contributed by atoms with Crippen molar-refractivity contribution < 1.29 is 86.3 Å². The predicted molar refractivity (Wildman–Crippen MR) is 349 cm³/mol. The van der Waals surface area contributed by atoms with Crippen LogP contribution in [0.2, 0.25) is 0 Å². The molecule has 492 valence electrons. The van der Waals surface area contributed by atoms with Crippen molar-refractivity contribution >= 4 is 106 Å². The number of carbonyl (C=O) groups is 18. The Bertz CT molecular complexity index is 4040. The second kappa shape index (κ2) is 29.7. The Kier molecular flexibility index (Phi) is 20.2. The number of hydrogen-bond acceptors (Lipinski definition) is 18. The first-order valence-corrected chi connectivity index (χ1v) is 29.5. The summed E-state index contributed by atoms with van der Waals surface area (Å²) < 4.78 is 0. The van der Waals surface area contributed by atoms with Gasteiger partial charge in [-0.2, -0.15) is 0 Å². The van der Waals surface area contributed by atoms with Gasteiger partial charge in [0.15, 0.2) is 0 Å². The molecule has 27 heteroatoms. The van der Waals surface area contributed by atoms with Crippen LogP contribution < -0.4 is 47.9 Å². The molecule has 0 aromatic heterocycles. The molecule has 0 unspecified atom stereocenters. The van der Waals surface area contributed by atoms with Gasteiger partial charge < -0.3 is 0 Å². The zero-order valence-electron chi connectivity index (χ0n) is 51.6. The molecule has 0 fully saturated rings. The van der Waals surface area contributed by atoms with Gasteiger partial charge in [0.1, 0.15) is 0 Å². The molecule has 9 aromatic carbocycles. The number of amides is 18. The molecule has 100 heavy (non-hydrogen) atoms. The predicted octanol–water partition coefficient (Wildman–Crippen LogP) is 5.44. The molecule has 9 aliphatic rings. The summed E-state index contributed by atoms with van der Waals surface area (Å²) in [4.78, 5) is 197.